The van der Waals surface area contributed by atoms with Crippen LogP contribution in [-0.2, 0) is 4.79 Å². The topological polar surface area (TPSA) is 66.4 Å². The van der Waals surface area contributed by atoms with Gasteiger partial charge in [0.05, 0.1) is 5.56 Å². The first-order chi connectivity index (χ1) is 9.08. The fraction of sp³-hybridized carbons (Fsp3) is 0.467. The van der Waals surface area contributed by atoms with E-state index in [-0.39, 0.29) is 17.4 Å². The molecule has 4 nitrogen and oxygen atoms in total. The zero-order valence-electron chi connectivity index (χ0n) is 10.8. The number of carboxylic acids is 1. The Labute approximate surface area is 111 Å². The van der Waals surface area contributed by atoms with Crippen LogP contribution in [0.25, 0.3) is 0 Å². The zero-order chi connectivity index (χ0) is 13.6. The lowest BCUT2D eigenvalue weighted by Gasteiger charge is -2.08. The Morgan fingerprint density at radius 3 is 2.58 bits per heavy atom. The lowest BCUT2D eigenvalue weighted by Crippen LogP contribution is -2.17. The molecule has 0 saturated heterocycles. The maximum Gasteiger partial charge on any atom is 0.336 e. The summed E-state index contributed by atoms with van der Waals surface area (Å²) in [4.78, 5) is 23.1. The molecule has 0 unspecified atom stereocenters. The van der Waals surface area contributed by atoms with E-state index in [1.165, 1.54) is 12.5 Å². The third kappa shape index (κ3) is 2.11. The number of amides is 1. The van der Waals surface area contributed by atoms with Gasteiger partial charge in [0.1, 0.15) is 0 Å². The fourth-order valence-electron chi connectivity index (χ4n) is 3.37. The highest BCUT2D eigenvalue weighted by Crippen LogP contribution is 2.57. The molecule has 2 saturated carbocycles. The van der Waals surface area contributed by atoms with E-state index in [9.17, 15) is 9.59 Å². The number of rotatable bonds is 3. The maximum absolute atomic E-state index is 12.1. The molecule has 2 fully saturated rings. The second-order valence-corrected chi connectivity index (χ2v) is 5.61. The summed E-state index contributed by atoms with van der Waals surface area (Å²) in [7, 11) is 0. The van der Waals surface area contributed by atoms with E-state index in [0.29, 0.717) is 23.1 Å². The van der Waals surface area contributed by atoms with Gasteiger partial charge in [-0.05, 0) is 49.3 Å². The number of hydrogen-bond acceptors (Lipinski definition) is 2. The highest BCUT2D eigenvalue weighted by molar-refractivity contribution is 5.97. The van der Waals surface area contributed by atoms with Crippen molar-refractivity contribution in [1.29, 1.82) is 0 Å². The number of nitrogens with one attached hydrogen (secondary N) is 1. The Hall–Kier alpha value is -1.84. The van der Waals surface area contributed by atoms with E-state index < -0.39 is 5.97 Å². The molecule has 4 heteroatoms. The normalized spacial score (nSPS) is 27.7. The third-order valence-corrected chi connectivity index (χ3v) is 4.44. The maximum atomic E-state index is 12.1. The summed E-state index contributed by atoms with van der Waals surface area (Å²) in [6.45, 7) is 1.75. The molecule has 1 amide bonds. The van der Waals surface area contributed by atoms with Gasteiger partial charge in [-0.1, -0.05) is 12.5 Å². The predicted molar refractivity (Wildman–Crippen MR) is 71.1 cm³/mol. The summed E-state index contributed by atoms with van der Waals surface area (Å²) in [6.07, 6.45) is 3.57. The highest BCUT2D eigenvalue weighted by Gasteiger charge is 2.56. The van der Waals surface area contributed by atoms with Gasteiger partial charge < -0.3 is 10.4 Å². The number of aromatic carboxylic acids is 1. The molecule has 19 heavy (non-hydrogen) atoms. The van der Waals surface area contributed by atoms with E-state index >= 15 is 0 Å². The molecule has 2 aliphatic carbocycles. The standard InChI is InChI=1S/C15H17NO3/c1-8-5-6-9(7-12(8)15(18)19)16-14(17)13-10-3-2-4-11(10)13/h5-7,10-11,13H,2-4H2,1H3,(H,16,17)(H,18,19)/t10-,11-/m0/s1. The number of fused-ring (bicyclic) bond motifs is 1. The number of hydrogen-bond donors (Lipinski definition) is 2. The number of aryl methyl sites for hydroxylation is 1. The molecule has 0 heterocycles. The molecule has 2 atom stereocenters. The molecule has 100 valence electrons. The number of benzene rings is 1. The van der Waals surface area contributed by atoms with Crippen LogP contribution in [0.1, 0.15) is 35.2 Å². The lowest BCUT2D eigenvalue weighted by atomic mass is 10.1. The van der Waals surface area contributed by atoms with Gasteiger partial charge in [0, 0.05) is 11.6 Å². The largest absolute Gasteiger partial charge is 0.478 e. The fourth-order valence-corrected chi connectivity index (χ4v) is 3.37. The van der Waals surface area contributed by atoms with E-state index in [0.717, 1.165) is 12.8 Å². The smallest absolute Gasteiger partial charge is 0.336 e. The van der Waals surface area contributed by atoms with Crippen molar-refractivity contribution in [2.45, 2.75) is 26.2 Å². The first-order valence-electron chi connectivity index (χ1n) is 6.73. The van der Waals surface area contributed by atoms with E-state index in [1.807, 2.05) is 0 Å². The van der Waals surface area contributed by atoms with Crippen LogP contribution in [-0.4, -0.2) is 17.0 Å². The van der Waals surface area contributed by atoms with Crippen molar-refractivity contribution in [3.05, 3.63) is 29.3 Å². The molecule has 2 aliphatic rings. The number of carboxylic acid groups (broad SMARTS) is 1. The average Bonchev–Trinajstić information content (AvgIpc) is 2.85. The number of anilines is 1. The van der Waals surface area contributed by atoms with Gasteiger partial charge >= 0.3 is 5.97 Å². The Kier molecular flexibility index (Phi) is 2.81. The number of carbonyl (C=O) groups excluding carboxylic acids is 1. The van der Waals surface area contributed by atoms with Gasteiger partial charge in [0.15, 0.2) is 0 Å². The average molecular weight is 259 g/mol. The first kappa shape index (κ1) is 12.2. The Balaban J connectivity index is 1.71. The summed E-state index contributed by atoms with van der Waals surface area (Å²) < 4.78 is 0. The molecule has 0 aromatic heterocycles. The van der Waals surface area contributed by atoms with E-state index in [1.54, 1.807) is 19.1 Å². The lowest BCUT2D eigenvalue weighted by molar-refractivity contribution is -0.118. The minimum Gasteiger partial charge on any atom is -0.478 e. The summed E-state index contributed by atoms with van der Waals surface area (Å²) in [5.74, 6) is 0.392. The molecule has 0 radical (unpaired) electrons. The van der Waals surface area contributed by atoms with Crippen LogP contribution < -0.4 is 5.32 Å². The van der Waals surface area contributed by atoms with E-state index in [4.69, 9.17) is 5.11 Å². The van der Waals surface area contributed by atoms with Crippen LogP contribution in [0, 0.1) is 24.7 Å². The highest BCUT2D eigenvalue weighted by atomic mass is 16.4. The Morgan fingerprint density at radius 2 is 1.95 bits per heavy atom. The number of carbonyl (C=O) groups is 2. The summed E-state index contributed by atoms with van der Waals surface area (Å²) >= 11 is 0. The van der Waals surface area contributed by atoms with Crippen LogP contribution in [0.4, 0.5) is 5.69 Å². The SMILES string of the molecule is Cc1ccc(NC(=O)C2[C@H]3CCC[C@H]23)cc1C(=O)O. The van der Waals surface area contributed by atoms with Gasteiger partial charge in [-0.3, -0.25) is 4.79 Å². The van der Waals surface area contributed by atoms with Gasteiger partial charge in [-0.25, -0.2) is 4.79 Å². The summed E-state index contributed by atoms with van der Waals surface area (Å²) in [5.41, 5.74) is 1.53. The molecular formula is C15H17NO3. The van der Waals surface area contributed by atoms with Crippen LogP contribution >= 0.6 is 0 Å². The third-order valence-electron chi connectivity index (χ3n) is 4.44. The van der Waals surface area contributed by atoms with Gasteiger partial charge in [-0.15, -0.1) is 0 Å². The quantitative estimate of drug-likeness (QED) is 0.877. The van der Waals surface area contributed by atoms with Gasteiger partial charge in [0.2, 0.25) is 5.91 Å². The Morgan fingerprint density at radius 1 is 1.26 bits per heavy atom. The van der Waals surface area contributed by atoms with Gasteiger partial charge in [-0.2, -0.15) is 0 Å². The van der Waals surface area contributed by atoms with Crippen molar-refractivity contribution in [2.24, 2.45) is 17.8 Å². The molecule has 0 bridgehead atoms. The van der Waals surface area contributed by atoms with Crippen molar-refractivity contribution in [3.63, 3.8) is 0 Å². The molecule has 0 spiro atoms. The predicted octanol–water partition coefficient (Wildman–Crippen LogP) is 2.68. The minimum atomic E-state index is -0.961. The van der Waals surface area contributed by atoms with Crippen LogP contribution in [0.15, 0.2) is 18.2 Å². The molecule has 3 rings (SSSR count). The van der Waals surface area contributed by atoms with Crippen LogP contribution in [0.2, 0.25) is 0 Å². The molecular weight excluding hydrogens is 242 g/mol. The van der Waals surface area contributed by atoms with Crippen molar-refractivity contribution in [3.8, 4) is 0 Å². The second-order valence-electron chi connectivity index (χ2n) is 5.61. The van der Waals surface area contributed by atoms with E-state index in [2.05, 4.69) is 5.32 Å². The van der Waals surface area contributed by atoms with Gasteiger partial charge in [0.25, 0.3) is 0 Å². The van der Waals surface area contributed by atoms with Crippen LogP contribution in [0.3, 0.4) is 0 Å². The minimum absolute atomic E-state index is 0.0508. The van der Waals surface area contributed by atoms with Crippen molar-refractivity contribution in [1.82, 2.24) is 0 Å². The molecule has 1 aromatic carbocycles. The summed E-state index contributed by atoms with van der Waals surface area (Å²) in [5, 5.41) is 11.9. The van der Waals surface area contributed by atoms with Crippen molar-refractivity contribution < 1.29 is 14.7 Å². The first-order valence-corrected chi connectivity index (χ1v) is 6.73. The Bertz CT molecular complexity index is 542. The second kappa shape index (κ2) is 4.37. The van der Waals surface area contributed by atoms with Crippen LogP contribution in [0.5, 0.6) is 0 Å². The van der Waals surface area contributed by atoms with Crippen molar-refractivity contribution >= 4 is 17.6 Å². The molecule has 0 aliphatic heterocycles. The van der Waals surface area contributed by atoms with Crippen molar-refractivity contribution in [2.75, 3.05) is 5.32 Å². The summed E-state index contributed by atoms with van der Waals surface area (Å²) in [6, 6.07) is 5.03. The molecule has 1 aromatic rings. The monoisotopic (exact) mass is 259 g/mol. The molecule has 2 N–H and O–H groups in total. The zero-order valence-corrected chi connectivity index (χ0v) is 10.8.